The summed E-state index contributed by atoms with van der Waals surface area (Å²) >= 11 is 0. The molecule has 2 amide bonds. The van der Waals surface area contributed by atoms with Gasteiger partial charge >= 0.3 is 6.03 Å². The van der Waals surface area contributed by atoms with Crippen LogP contribution in [-0.4, -0.2) is 15.8 Å². The van der Waals surface area contributed by atoms with Crippen molar-refractivity contribution >= 4 is 16.8 Å². The van der Waals surface area contributed by atoms with Gasteiger partial charge < -0.3 is 10.6 Å². The third-order valence-electron chi connectivity index (χ3n) is 3.97. The maximum absolute atomic E-state index is 12.9. The first-order valence-corrected chi connectivity index (χ1v) is 8.27. The zero-order valence-corrected chi connectivity index (χ0v) is 14.4. The van der Waals surface area contributed by atoms with Crippen LogP contribution >= 0.6 is 0 Å². The zero-order chi connectivity index (χ0) is 19.2. The third kappa shape index (κ3) is 4.30. The zero-order valence-electron chi connectivity index (χ0n) is 14.4. The van der Waals surface area contributed by atoms with Crippen LogP contribution < -0.4 is 16.2 Å². The van der Waals surface area contributed by atoms with Crippen LogP contribution in [0.3, 0.4) is 0 Å². The lowest BCUT2D eigenvalue weighted by Crippen LogP contribution is -2.35. The Morgan fingerprint density at radius 1 is 1.07 bits per heavy atom. The van der Waals surface area contributed by atoms with Gasteiger partial charge in [-0.25, -0.2) is 13.9 Å². The van der Waals surface area contributed by atoms with Crippen molar-refractivity contribution in [3.63, 3.8) is 0 Å². The molecule has 0 aliphatic heterocycles. The summed E-state index contributed by atoms with van der Waals surface area (Å²) in [6.07, 6.45) is 5.30. The van der Waals surface area contributed by atoms with Crippen LogP contribution in [0.1, 0.15) is 11.3 Å². The molecule has 0 unspecified atom stereocenters. The van der Waals surface area contributed by atoms with Crippen molar-refractivity contribution in [1.29, 1.82) is 0 Å². The fourth-order valence-electron chi connectivity index (χ4n) is 2.64. The van der Waals surface area contributed by atoms with Gasteiger partial charge in [0.05, 0.1) is 17.6 Å². The standard InChI is InChI=1S/C20H17FN4O2/c1-2-11-25-19(26)17-6-4-3-5-16(17)18(24-25)13-23-20(27)22-12-14-7-9-15(21)10-8-14/h1,3-10H,11-13H2,(H2,22,23,27). The van der Waals surface area contributed by atoms with Crippen LogP contribution in [0.2, 0.25) is 0 Å². The lowest BCUT2D eigenvalue weighted by Gasteiger charge is -2.11. The molecule has 0 aliphatic carbocycles. The molecule has 2 N–H and O–H groups in total. The molecule has 0 saturated carbocycles. The quantitative estimate of drug-likeness (QED) is 0.682. The van der Waals surface area contributed by atoms with Crippen LogP contribution in [-0.2, 0) is 19.6 Å². The first-order chi connectivity index (χ1) is 13.1. The Morgan fingerprint density at radius 2 is 1.74 bits per heavy atom. The Balaban J connectivity index is 1.71. The number of nitrogens with one attached hydrogen (secondary N) is 2. The molecule has 7 heteroatoms. The average molecular weight is 364 g/mol. The van der Waals surface area contributed by atoms with Crippen molar-refractivity contribution < 1.29 is 9.18 Å². The van der Waals surface area contributed by atoms with Crippen molar-refractivity contribution in [2.24, 2.45) is 0 Å². The Kier molecular flexibility index (Phi) is 5.47. The minimum absolute atomic E-state index is 0.0490. The van der Waals surface area contributed by atoms with Gasteiger partial charge in [0.25, 0.3) is 5.56 Å². The number of hydrogen-bond acceptors (Lipinski definition) is 3. The SMILES string of the molecule is C#CCn1nc(CNC(=O)NCc2ccc(F)cc2)c2ccccc2c1=O. The molecule has 3 aromatic rings. The van der Waals surface area contributed by atoms with Crippen LogP contribution in [0.25, 0.3) is 10.8 Å². The molecule has 136 valence electrons. The van der Waals surface area contributed by atoms with Gasteiger partial charge in [-0.1, -0.05) is 36.3 Å². The minimum Gasteiger partial charge on any atom is -0.334 e. The van der Waals surface area contributed by atoms with Gasteiger partial charge in [-0.2, -0.15) is 5.10 Å². The molecule has 3 rings (SSSR count). The number of nitrogens with zero attached hydrogens (tertiary/aromatic N) is 2. The van der Waals surface area contributed by atoms with Gasteiger partial charge in [-0.15, -0.1) is 6.42 Å². The number of hydrogen-bond donors (Lipinski definition) is 2. The second-order valence-electron chi connectivity index (χ2n) is 5.82. The third-order valence-corrected chi connectivity index (χ3v) is 3.97. The molecule has 0 atom stereocenters. The van der Waals surface area contributed by atoms with E-state index in [1.54, 1.807) is 36.4 Å². The van der Waals surface area contributed by atoms with E-state index in [0.717, 1.165) is 5.56 Å². The van der Waals surface area contributed by atoms with E-state index in [0.29, 0.717) is 16.5 Å². The highest BCUT2D eigenvalue weighted by Gasteiger charge is 2.11. The second-order valence-corrected chi connectivity index (χ2v) is 5.82. The molecular weight excluding hydrogens is 347 g/mol. The molecule has 0 spiro atoms. The molecule has 6 nitrogen and oxygen atoms in total. The molecule has 0 aliphatic rings. The number of urea groups is 1. The van der Waals surface area contributed by atoms with Gasteiger partial charge in [0.1, 0.15) is 12.4 Å². The van der Waals surface area contributed by atoms with Gasteiger partial charge in [0.2, 0.25) is 0 Å². The Hall–Kier alpha value is -3.66. The molecule has 27 heavy (non-hydrogen) atoms. The second kappa shape index (κ2) is 8.15. The number of terminal acetylenes is 1. The molecular formula is C20H17FN4O2. The van der Waals surface area contributed by atoms with Crippen molar-refractivity contribution in [2.75, 3.05) is 0 Å². The summed E-state index contributed by atoms with van der Waals surface area (Å²) in [5.41, 5.74) is 1.04. The highest BCUT2D eigenvalue weighted by atomic mass is 19.1. The number of benzene rings is 2. The topological polar surface area (TPSA) is 76.0 Å². The maximum Gasteiger partial charge on any atom is 0.315 e. The van der Waals surface area contributed by atoms with Gasteiger partial charge in [0.15, 0.2) is 0 Å². The predicted octanol–water partition coefficient (Wildman–Crippen LogP) is 2.17. The normalized spacial score (nSPS) is 10.4. The summed E-state index contributed by atoms with van der Waals surface area (Å²) in [6.45, 7) is 0.435. The lowest BCUT2D eigenvalue weighted by molar-refractivity contribution is 0.240. The van der Waals surface area contributed by atoms with E-state index in [-0.39, 0.29) is 31.0 Å². The van der Waals surface area contributed by atoms with E-state index in [1.807, 2.05) is 0 Å². The first-order valence-electron chi connectivity index (χ1n) is 8.27. The highest BCUT2D eigenvalue weighted by Crippen LogP contribution is 2.13. The number of rotatable bonds is 5. The van der Waals surface area contributed by atoms with Crippen molar-refractivity contribution in [2.45, 2.75) is 19.6 Å². The molecule has 0 saturated heterocycles. The highest BCUT2D eigenvalue weighted by molar-refractivity contribution is 5.84. The summed E-state index contributed by atoms with van der Waals surface area (Å²) in [5.74, 6) is 2.07. The molecule has 0 radical (unpaired) electrons. The fourth-order valence-corrected chi connectivity index (χ4v) is 2.64. The summed E-state index contributed by atoms with van der Waals surface area (Å²) in [4.78, 5) is 24.4. The maximum atomic E-state index is 12.9. The van der Waals surface area contributed by atoms with E-state index in [4.69, 9.17) is 6.42 Å². The van der Waals surface area contributed by atoms with E-state index in [2.05, 4.69) is 21.7 Å². The molecule has 0 bridgehead atoms. The van der Waals surface area contributed by atoms with E-state index < -0.39 is 6.03 Å². The number of carbonyl (C=O) groups excluding carboxylic acids is 1. The molecule has 1 heterocycles. The minimum atomic E-state index is -0.403. The number of fused-ring (bicyclic) bond motifs is 1. The molecule has 1 aromatic heterocycles. The summed E-state index contributed by atoms with van der Waals surface area (Å²) in [5, 5.41) is 10.8. The van der Waals surface area contributed by atoms with Crippen molar-refractivity contribution in [1.82, 2.24) is 20.4 Å². The fraction of sp³-hybridized carbons (Fsp3) is 0.150. The van der Waals surface area contributed by atoms with Gasteiger partial charge in [-0.3, -0.25) is 4.79 Å². The van der Waals surface area contributed by atoms with Crippen LogP contribution in [0.15, 0.2) is 53.3 Å². The number of halogens is 1. The lowest BCUT2D eigenvalue weighted by atomic mass is 10.1. The smallest absolute Gasteiger partial charge is 0.315 e. The largest absolute Gasteiger partial charge is 0.334 e. The van der Waals surface area contributed by atoms with Crippen molar-refractivity contribution in [3.8, 4) is 12.3 Å². The Labute approximate surface area is 155 Å². The number of carbonyl (C=O) groups is 1. The van der Waals surface area contributed by atoms with E-state index >= 15 is 0 Å². The van der Waals surface area contributed by atoms with Gasteiger partial charge in [-0.05, 0) is 23.8 Å². The predicted molar refractivity (Wildman–Crippen MR) is 100 cm³/mol. The monoisotopic (exact) mass is 364 g/mol. The van der Waals surface area contributed by atoms with E-state index in [1.165, 1.54) is 16.8 Å². The Bertz CT molecular complexity index is 1070. The number of amides is 2. The molecule has 0 fully saturated rings. The summed E-state index contributed by atoms with van der Waals surface area (Å²) in [7, 11) is 0. The van der Waals surface area contributed by atoms with Crippen LogP contribution in [0, 0.1) is 18.2 Å². The van der Waals surface area contributed by atoms with Crippen LogP contribution in [0.4, 0.5) is 9.18 Å². The van der Waals surface area contributed by atoms with Gasteiger partial charge in [0, 0.05) is 11.9 Å². The van der Waals surface area contributed by atoms with Crippen LogP contribution in [0.5, 0.6) is 0 Å². The number of aromatic nitrogens is 2. The van der Waals surface area contributed by atoms with Crippen molar-refractivity contribution in [3.05, 3.63) is 76.0 Å². The average Bonchev–Trinajstić information content (AvgIpc) is 2.69. The first kappa shape index (κ1) is 18.1. The summed E-state index contributed by atoms with van der Waals surface area (Å²) < 4.78 is 14.1. The summed E-state index contributed by atoms with van der Waals surface area (Å²) in [6, 6.07) is 12.5. The molecule has 2 aromatic carbocycles. The van der Waals surface area contributed by atoms with E-state index in [9.17, 15) is 14.0 Å². The Morgan fingerprint density at radius 3 is 2.44 bits per heavy atom.